The molecule has 1 aliphatic heterocycles. The Morgan fingerprint density at radius 3 is 2.95 bits per heavy atom. The molecule has 0 N–H and O–H groups in total. The second-order valence-electron chi connectivity index (χ2n) is 6.08. The van der Waals surface area contributed by atoms with Crippen LogP contribution in [0.4, 0.5) is 0 Å². The Bertz CT molecular complexity index is 502. The molecule has 0 saturated carbocycles. The summed E-state index contributed by atoms with van der Waals surface area (Å²) in [7, 11) is 1.64. The molecule has 0 radical (unpaired) electrons. The summed E-state index contributed by atoms with van der Waals surface area (Å²) in [6, 6.07) is 1.92. The van der Waals surface area contributed by atoms with Crippen molar-refractivity contribution in [3.05, 3.63) is 29.6 Å². The molecule has 2 rings (SSSR count). The molecule has 1 atom stereocenters. The number of amides is 1. The Morgan fingerprint density at radius 2 is 2.29 bits per heavy atom. The highest BCUT2D eigenvalue weighted by atomic mass is 16.5. The van der Waals surface area contributed by atoms with Crippen LogP contribution in [0.25, 0.3) is 0 Å². The number of aryl methyl sites for hydroxylation is 1. The minimum atomic E-state index is -0.368. The SMILES string of the molecule is CCc1cncc(C(=O)N2C[C@H](COC)OC(C)(C)C2)c1. The maximum Gasteiger partial charge on any atom is 0.255 e. The average molecular weight is 292 g/mol. The topological polar surface area (TPSA) is 51.7 Å². The highest BCUT2D eigenvalue weighted by Crippen LogP contribution is 2.22. The number of hydrogen-bond acceptors (Lipinski definition) is 4. The number of pyridine rings is 1. The van der Waals surface area contributed by atoms with E-state index in [9.17, 15) is 4.79 Å². The molecule has 0 aliphatic carbocycles. The minimum absolute atomic E-state index is 0.00952. The fraction of sp³-hybridized carbons (Fsp3) is 0.625. The van der Waals surface area contributed by atoms with Crippen molar-refractivity contribution in [2.24, 2.45) is 0 Å². The summed E-state index contributed by atoms with van der Waals surface area (Å²) < 4.78 is 11.1. The Morgan fingerprint density at radius 1 is 1.52 bits per heavy atom. The van der Waals surface area contributed by atoms with Crippen LogP contribution in [0.3, 0.4) is 0 Å². The van der Waals surface area contributed by atoms with Crippen LogP contribution in [0.15, 0.2) is 18.5 Å². The molecule has 116 valence electrons. The molecule has 0 spiro atoms. The fourth-order valence-electron chi connectivity index (χ4n) is 2.70. The third kappa shape index (κ3) is 4.02. The Labute approximate surface area is 126 Å². The van der Waals surface area contributed by atoms with E-state index in [1.807, 2.05) is 24.8 Å². The van der Waals surface area contributed by atoms with Gasteiger partial charge < -0.3 is 14.4 Å². The van der Waals surface area contributed by atoms with E-state index < -0.39 is 0 Å². The fourth-order valence-corrected chi connectivity index (χ4v) is 2.70. The lowest BCUT2D eigenvalue weighted by atomic mass is 10.0. The van der Waals surface area contributed by atoms with Crippen LogP contribution in [0, 0.1) is 0 Å². The van der Waals surface area contributed by atoms with Gasteiger partial charge in [-0.1, -0.05) is 6.92 Å². The summed E-state index contributed by atoms with van der Waals surface area (Å²) in [6.45, 7) is 7.65. The van der Waals surface area contributed by atoms with Gasteiger partial charge in [-0.05, 0) is 31.9 Å². The molecular weight excluding hydrogens is 268 g/mol. The van der Waals surface area contributed by atoms with E-state index in [2.05, 4.69) is 11.9 Å². The largest absolute Gasteiger partial charge is 0.382 e. The monoisotopic (exact) mass is 292 g/mol. The van der Waals surface area contributed by atoms with Crippen molar-refractivity contribution in [1.29, 1.82) is 0 Å². The molecule has 1 aromatic rings. The number of nitrogens with zero attached hydrogens (tertiary/aromatic N) is 2. The Kier molecular flexibility index (Phi) is 4.96. The van der Waals surface area contributed by atoms with Gasteiger partial charge in [0.05, 0.1) is 23.9 Å². The molecular formula is C16H24N2O3. The minimum Gasteiger partial charge on any atom is -0.382 e. The van der Waals surface area contributed by atoms with Gasteiger partial charge in [-0.2, -0.15) is 0 Å². The lowest BCUT2D eigenvalue weighted by molar-refractivity contribution is -0.143. The van der Waals surface area contributed by atoms with Crippen molar-refractivity contribution in [2.75, 3.05) is 26.8 Å². The molecule has 1 aromatic heterocycles. The Balaban J connectivity index is 2.16. The zero-order chi connectivity index (χ0) is 15.5. The standard InChI is InChI=1S/C16H24N2O3/c1-5-12-6-13(8-17-7-12)15(19)18-9-14(10-20-4)21-16(2,3)11-18/h6-8,14H,5,9-11H2,1-4H3/t14-/m1/s1. The molecule has 0 aromatic carbocycles. The molecule has 1 amide bonds. The van der Waals surface area contributed by atoms with Gasteiger partial charge in [-0.25, -0.2) is 0 Å². The van der Waals surface area contributed by atoms with Gasteiger partial charge in [-0.15, -0.1) is 0 Å². The number of morpholine rings is 1. The molecule has 21 heavy (non-hydrogen) atoms. The Hall–Kier alpha value is -1.46. The first-order valence-corrected chi connectivity index (χ1v) is 7.35. The lowest BCUT2D eigenvalue weighted by Gasteiger charge is -2.42. The van der Waals surface area contributed by atoms with Crippen molar-refractivity contribution in [1.82, 2.24) is 9.88 Å². The number of hydrogen-bond donors (Lipinski definition) is 0. The van der Waals surface area contributed by atoms with Gasteiger partial charge in [0.15, 0.2) is 0 Å². The first-order chi connectivity index (χ1) is 9.95. The van der Waals surface area contributed by atoms with Gasteiger partial charge in [0.2, 0.25) is 0 Å². The van der Waals surface area contributed by atoms with Crippen molar-refractivity contribution in [3.63, 3.8) is 0 Å². The maximum absolute atomic E-state index is 12.7. The van der Waals surface area contributed by atoms with E-state index in [1.54, 1.807) is 19.5 Å². The molecule has 1 fully saturated rings. The molecule has 1 saturated heterocycles. The number of ether oxygens (including phenoxy) is 2. The van der Waals surface area contributed by atoms with Crippen LogP contribution in [-0.4, -0.2) is 54.3 Å². The van der Waals surface area contributed by atoms with Crippen molar-refractivity contribution >= 4 is 5.91 Å². The van der Waals surface area contributed by atoms with E-state index in [1.165, 1.54) is 0 Å². The first-order valence-electron chi connectivity index (χ1n) is 7.35. The number of carbonyl (C=O) groups excluding carboxylic acids is 1. The van der Waals surface area contributed by atoms with Crippen molar-refractivity contribution in [2.45, 2.75) is 38.9 Å². The highest BCUT2D eigenvalue weighted by molar-refractivity contribution is 5.94. The van der Waals surface area contributed by atoms with Gasteiger partial charge in [0, 0.05) is 32.6 Å². The van der Waals surface area contributed by atoms with Crippen LogP contribution in [0.1, 0.15) is 36.7 Å². The normalized spacial score (nSPS) is 21.3. The lowest BCUT2D eigenvalue weighted by Crippen LogP contribution is -2.55. The molecule has 0 unspecified atom stereocenters. The van der Waals surface area contributed by atoms with Crippen LogP contribution in [0.2, 0.25) is 0 Å². The van der Waals surface area contributed by atoms with Crippen LogP contribution in [0.5, 0.6) is 0 Å². The summed E-state index contributed by atoms with van der Waals surface area (Å²) in [6.07, 6.45) is 4.21. The number of methoxy groups -OCH3 is 1. The second-order valence-corrected chi connectivity index (χ2v) is 6.08. The predicted molar refractivity (Wildman–Crippen MR) is 80.3 cm³/mol. The van der Waals surface area contributed by atoms with E-state index >= 15 is 0 Å². The number of aromatic nitrogens is 1. The molecule has 2 heterocycles. The van der Waals surface area contributed by atoms with E-state index in [0.29, 0.717) is 25.3 Å². The van der Waals surface area contributed by atoms with Crippen molar-refractivity contribution < 1.29 is 14.3 Å². The summed E-state index contributed by atoms with van der Waals surface area (Å²) >= 11 is 0. The molecule has 5 nitrogen and oxygen atoms in total. The quantitative estimate of drug-likeness (QED) is 0.850. The summed E-state index contributed by atoms with van der Waals surface area (Å²) in [5.74, 6) is 0.00952. The van der Waals surface area contributed by atoms with E-state index in [-0.39, 0.29) is 17.6 Å². The number of carbonyl (C=O) groups is 1. The summed E-state index contributed by atoms with van der Waals surface area (Å²) in [5, 5.41) is 0. The van der Waals surface area contributed by atoms with Crippen molar-refractivity contribution in [3.8, 4) is 0 Å². The molecule has 1 aliphatic rings. The predicted octanol–water partition coefficient (Wildman–Crippen LogP) is 1.91. The van der Waals surface area contributed by atoms with Gasteiger partial charge in [0.1, 0.15) is 0 Å². The zero-order valence-electron chi connectivity index (χ0n) is 13.3. The second kappa shape index (κ2) is 6.54. The molecule has 0 bridgehead atoms. The number of rotatable bonds is 4. The first kappa shape index (κ1) is 15.9. The molecule has 5 heteroatoms. The van der Waals surface area contributed by atoms with Crippen LogP contribution < -0.4 is 0 Å². The van der Waals surface area contributed by atoms with Crippen LogP contribution >= 0.6 is 0 Å². The summed E-state index contributed by atoms with van der Waals surface area (Å²) in [4.78, 5) is 18.7. The van der Waals surface area contributed by atoms with E-state index in [4.69, 9.17) is 9.47 Å². The van der Waals surface area contributed by atoms with E-state index in [0.717, 1.165) is 12.0 Å². The smallest absolute Gasteiger partial charge is 0.255 e. The third-order valence-corrected chi connectivity index (χ3v) is 3.57. The van der Waals surface area contributed by atoms with Gasteiger partial charge in [-0.3, -0.25) is 9.78 Å². The van der Waals surface area contributed by atoms with Gasteiger partial charge >= 0.3 is 0 Å². The van der Waals surface area contributed by atoms with Crippen LogP contribution in [-0.2, 0) is 15.9 Å². The highest BCUT2D eigenvalue weighted by Gasteiger charge is 2.35. The third-order valence-electron chi connectivity index (χ3n) is 3.57. The average Bonchev–Trinajstić information content (AvgIpc) is 2.45. The van der Waals surface area contributed by atoms with Gasteiger partial charge in [0.25, 0.3) is 5.91 Å². The maximum atomic E-state index is 12.7. The zero-order valence-corrected chi connectivity index (χ0v) is 13.3. The summed E-state index contributed by atoms with van der Waals surface area (Å²) in [5.41, 5.74) is 1.34.